The van der Waals surface area contributed by atoms with E-state index in [0.717, 1.165) is 16.3 Å². The maximum Gasteiger partial charge on any atom is -0.0154 e. The molecule has 0 unspecified atom stereocenters. The van der Waals surface area contributed by atoms with Crippen molar-refractivity contribution in [2.45, 2.75) is 13.8 Å². The zero-order chi connectivity index (χ0) is 12.1. The molecule has 0 bridgehead atoms. The highest BCUT2D eigenvalue weighted by Crippen LogP contribution is 2.07. The molecule has 0 aliphatic heterocycles. The summed E-state index contributed by atoms with van der Waals surface area (Å²) in [6.07, 6.45) is 7.80. The lowest BCUT2D eigenvalue weighted by Gasteiger charge is -2.03. The quantitative estimate of drug-likeness (QED) is 0.719. The predicted molar refractivity (Wildman–Crippen MR) is 75.3 cm³/mol. The van der Waals surface area contributed by atoms with Crippen LogP contribution in [0.5, 0.6) is 0 Å². The summed E-state index contributed by atoms with van der Waals surface area (Å²) in [5.74, 6) is 0. The van der Waals surface area contributed by atoms with Crippen LogP contribution in [0, 0.1) is 0 Å². The normalized spacial score (nSPS) is 12.6. The fraction of sp³-hybridized carbons (Fsp3) is 0.125. The Hall–Kier alpha value is -1.82. The number of hydrogen-bond donors (Lipinski definition) is 0. The number of hydrogen-bond acceptors (Lipinski definition) is 0. The monoisotopic (exact) mass is 210 g/mol. The molecule has 0 radical (unpaired) electrons. The van der Waals surface area contributed by atoms with Crippen LogP contribution in [0.15, 0.2) is 37.4 Å². The van der Waals surface area contributed by atoms with E-state index in [4.69, 9.17) is 0 Å². The number of allylic oxidation sites excluding steroid dienone is 2. The van der Waals surface area contributed by atoms with E-state index in [1.54, 1.807) is 0 Å². The summed E-state index contributed by atoms with van der Waals surface area (Å²) in [5, 5.41) is 2.19. The van der Waals surface area contributed by atoms with Gasteiger partial charge in [-0.2, -0.15) is 0 Å². The predicted octanol–water partition coefficient (Wildman–Crippen LogP) is 3.13. The van der Waals surface area contributed by atoms with E-state index in [9.17, 15) is 0 Å². The van der Waals surface area contributed by atoms with E-state index >= 15 is 0 Å². The van der Waals surface area contributed by atoms with E-state index in [-0.39, 0.29) is 0 Å². The van der Waals surface area contributed by atoms with Gasteiger partial charge in [-0.1, -0.05) is 44.0 Å². The summed E-state index contributed by atoms with van der Waals surface area (Å²) in [5.41, 5.74) is 3.39. The van der Waals surface area contributed by atoms with Crippen LogP contribution in [0.2, 0.25) is 0 Å². The molecule has 82 valence electrons. The summed E-state index contributed by atoms with van der Waals surface area (Å²) >= 11 is 0. The van der Waals surface area contributed by atoms with Gasteiger partial charge in [0.15, 0.2) is 0 Å². The Labute approximate surface area is 97.6 Å². The second-order valence-corrected chi connectivity index (χ2v) is 3.73. The van der Waals surface area contributed by atoms with Crippen LogP contribution in [0.25, 0.3) is 24.3 Å². The van der Waals surface area contributed by atoms with E-state index in [0.29, 0.717) is 0 Å². The summed E-state index contributed by atoms with van der Waals surface area (Å²) in [6.45, 7) is 15.8. The van der Waals surface area contributed by atoms with Crippen LogP contribution >= 0.6 is 0 Å². The van der Waals surface area contributed by atoms with Gasteiger partial charge >= 0.3 is 0 Å². The molecule has 1 rings (SSSR count). The van der Waals surface area contributed by atoms with Gasteiger partial charge in [-0.25, -0.2) is 0 Å². The highest BCUT2D eigenvalue weighted by Gasteiger charge is 1.97. The van der Waals surface area contributed by atoms with Gasteiger partial charge in [0.05, 0.1) is 0 Å². The molecule has 1 aromatic carbocycles. The molecular formula is C16H18. The van der Waals surface area contributed by atoms with Crippen LogP contribution in [-0.2, 0) is 0 Å². The first kappa shape index (κ1) is 12.3. The van der Waals surface area contributed by atoms with Gasteiger partial charge in [0, 0.05) is 0 Å². The Balaban J connectivity index is 3.68. The molecule has 0 amide bonds. The Kier molecular flexibility index (Phi) is 4.07. The number of benzene rings is 1. The van der Waals surface area contributed by atoms with E-state index in [1.165, 1.54) is 10.8 Å². The van der Waals surface area contributed by atoms with Gasteiger partial charge in [0.2, 0.25) is 0 Å². The summed E-state index contributed by atoms with van der Waals surface area (Å²) < 4.78 is 0. The molecule has 0 heterocycles. The third-order valence-corrected chi connectivity index (χ3v) is 2.59. The lowest BCUT2D eigenvalue weighted by Crippen LogP contribution is -2.25. The van der Waals surface area contributed by atoms with Gasteiger partial charge in [-0.15, -0.1) is 0 Å². The van der Waals surface area contributed by atoms with Crippen LogP contribution in [-0.4, -0.2) is 0 Å². The maximum absolute atomic E-state index is 4.07. The topological polar surface area (TPSA) is 0 Å². The van der Waals surface area contributed by atoms with Crippen molar-refractivity contribution in [2.75, 3.05) is 0 Å². The van der Waals surface area contributed by atoms with Gasteiger partial charge in [-0.05, 0) is 53.1 Å². The van der Waals surface area contributed by atoms with Crippen LogP contribution in [0.4, 0.5) is 0 Å². The first-order valence-electron chi connectivity index (χ1n) is 5.35. The second kappa shape index (κ2) is 5.32. The Bertz CT molecular complexity index is 542. The van der Waals surface area contributed by atoms with Crippen LogP contribution < -0.4 is 10.4 Å². The molecule has 0 nitrogen and oxygen atoms in total. The summed E-state index contributed by atoms with van der Waals surface area (Å²) in [7, 11) is 0. The Morgan fingerprint density at radius 3 is 2.19 bits per heavy atom. The fourth-order valence-electron chi connectivity index (χ4n) is 1.74. The summed E-state index contributed by atoms with van der Waals surface area (Å²) in [6, 6.07) is 4.16. The second-order valence-electron chi connectivity index (χ2n) is 3.73. The molecule has 0 spiro atoms. The molecule has 0 saturated heterocycles. The van der Waals surface area contributed by atoms with Crippen molar-refractivity contribution in [3.8, 4) is 0 Å². The van der Waals surface area contributed by atoms with Crippen molar-refractivity contribution in [3.05, 3.63) is 59.0 Å². The largest absolute Gasteiger partial charge is 0.0984 e. The number of rotatable bonds is 3. The zero-order valence-corrected chi connectivity index (χ0v) is 10.1. The van der Waals surface area contributed by atoms with Gasteiger partial charge in [0.25, 0.3) is 0 Å². The minimum Gasteiger partial charge on any atom is -0.0984 e. The van der Waals surface area contributed by atoms with Crippen molar-refractivity contribution in [2.24, 2.45) is 0 Å². The zero-order valence-electron chi connectivity index (χ0n) is 10.1. The highest BCUT2D eigenvalue weighted by molar-refractivity contribution is 5.66. The average molecular weight is 210 g/mol. The van der Waals surface area contributed by atoms with Crippen LogP contribution in [0.3, 0.4) is 0 Å². The van der Waals surface area contributed by atoms with E-state index in [1.807, 2.05) is 31.2 Å². The van der Waals surface area contributed by atoms with Crippen molar-refractivity contribution >= 4 is 24.3 Å². The molecule has 0 saturated carbocycles. The summed E-state index contributed by atoms with van der Waals surface area (Å²) in [4.78, 5) is 0. The van der Waals surface area contributed by atoms with Crippen molar-refractivity contribution in [3.63, 3.8) is 0 Å². The molecular weight excluding hydrogens is 192 g/mol. The smallest absolute Gasteiger partial charge is 0.0154 e. The Morgan fingerprint density at radius 2 is 1.69 bits per heavy atom. The average Bonchev–Trinajstić information content (AvgIpc) is 2.28. The van der Waals surface area contributed by atoms with Crippen molar-refractivity contribution in [1.82, 2.24) is 0 Å². The molecule has 0 heteroatoms. The maximum atomic E-state index is 4.07. The lowest BCUT2D eigenvalue weighted by molar-refractivity contribution is 1.45. The third-order valence-electron chi connectivity index (χ3n) is 2.59. The Morgan fingerprint density at radius 1 is 1.12 bits per heavy atom. The molecule has 0 aliphatic rings. The molecule has 0 aromatic heterocycles. The highest BCUT2D eigenvalue weighted by atomic mass is 14.0. The molecule has 0 aliphatic carbocycles. The first-order chi connectivity index (χ1) is 7.63. The van der Waals surface area contributed by atoms with Gasteiger partial charge in [0.1, 0.15) is 0 Å². The minimum atomic E-state index is 1.02. The van der Waals surface area contributed by atoms with E-state index in [2.05, 4.69) is 38.8 Å². The molecule has 0 atom stereocenters. The third kappa shape index (κ3) is 2.40. The minimum absolute atomic E-state index is 1.02. The standard InChI is InChI=1S/C16H18/c1-6-9-12(4)16-11-15(8-3)14(7-2)10-13(16)5/h6-11H,2-3,5H2,1,4H3/b9-6-,16-12-. The lowest BCUT2D eigenvalue weighted by atomic mass is 10.0. The molecule has 0 fully saturated rings. The van der Waals surface area contributed by atoms with Gasteiger partial charge < -0.3 is 0 Å². The van der Waals surface area contributed by atoms with E-state index < -0.39 is 0 Å². The molecule has 1 aromatic rings. The molecule has 16 heavy (non-hydrogen) atoms. The van der Waals surface area contributed by atoms with Crippen LogP contribution in [0.1, 0.15) is 25.0 Å². The van der Waals surface area contributed by atoms with Gasteiger partial charge in [-0.3, -0.25) is 0 Å². The SMILES string of the molecule is C=Cc1cc(=C)/c(=C(C)\C=C/C)cc1C=C. The van der Waals surface area contributed by atoms with Crippen molar-refractivity contribution in [1.29, 1.82) is 0 Å². The molecule has 0 N–H and O–H groups in total. The van der Waals surface area contributed by atoms with Crippen molar-refractivity contribution < 1.29 is 0 Å². The fourth-order valence-corrected chi connectivity index (χ4v) is 1.74. The first-order valence-corrected chi connectivity index (χ1v) is 5.35.